The summed E-state index contributed by atoms with van der Waals surface area (Å²) in [6.45, 7) is 4.25. The standard InChI is InChI=1S/C13H16BrN3O2/c1-3-5-6-8-10(13(18)19-4-2)11-12(16-8)15-7-9(14)17-11/h7H,3-6H2,1-2H3,(H,15,16). The minimum absolute atomic E-state index is 0.341. The number of esters is 1. The fourth-order valence-corrected chi connectivity index (χ4v) is 2.23. The van der Waals surface area contributed by atoms with Gasteiger partial charge in [0.2, 0.25) is 0 Å². The quantitative estimate of drug-likeness (QED) is 0.857. The fourth-order valence-electron chi connectivity index (χ4n) is 1.95. The molecule has 0 aliphatic heterocycles. The second kappa shape index (κ2) is 6.14. The van der Waals surface area contributed by atoms with Crippen molar-refractivity contribution in [3.8, 4) is 0 Å². The molecule has 2 aromatic rings. The number of hydrogen-bond acceptors (Lipinski definition) is 4. The van der Waals surface area contributed by atoms with E-state index in [0.29, 0.717) is 27.9 Å². The van der Waals surface area contributed by atoms with Gasteiger partial charge in [0.1, 0.15) is 15.7 Å². The molecule has 0 saturated carbocycles. The van der Waals surface area contributed by atoms with Crippen molar-refractivity contribution in [2.24, 2.45) is 0 Å². The molecule has 0 unspecified atom stereocenters. The van der Waals surface area contributed by atoms with Gasteiger partial charge in [-0.2, -0.15) is 0 Å². The molecular formula is C13H16BrN3O2. The zero-order valence-electron chi connectivity index (χ0n) is 11.0. The van der Waals surface area contributed by atoms with Gasteiger partial charge in [0.25, 0.3) is 0 Å². The van der Waals surface area contributed by atoms with E-state index in [1.165, 1.54) is 0 Å². The molecule has 2 heterocycles. The van der Waals surface area contributed by atoms with Gasteiger partial charge in [0.15, 0.2) is 5.65 Å². The van der Waals surface area contributed by atoms with Crippen molar-refractivity contribution in [3.05, 3.63) is 22.1 Å². The Morgan fingerprint density at radius 2 is 2.26 bits per heavy atom. The summed E-state index contributed by atoms with van der Waals surface area (Å²) < 4.78 is 5.72. The Labute approximate surface area is 119 Å². The lowest BCUT2D eigenvalue weighted by atomic mass is 10.1. The first-order valence-corrected chi connectivity index (χ1v) is 7.16. The predicted octanol–water partition coefficient (Wildman–Crippen LogP) is 3.24. The average Bonchev–Trinajstić information content (AvgIpc) is 2.74. The summed E-state index contributed by atoms with van der Waals surface area (Å²) in [7, 11) is 0. The summed E-state index contributed by atoms with van der Waals surface area (Å²) >= 11 is 3.28. The van der Waals surface area contributed by atoms with Crippen molar-refractivity contribution in [1.29, 1.82) is 0 Å². The Bertz CT molecular complexity index is 595. The van der Waals surface area contributed by atoms with E-state index >= 15 is 0 Å². The summed E-state index contributed by atoms with van der Waals surface area (Å²) in [5, 5.41) is 0. The number of nitrogens with zero attached hydrogens (tertiary/aromatic N) is 2. The number of H-pyrrole nitrogens is 1. The third-order valence-electron chi connectivity index (χ3n) is 2.81. The van der Waals surface area contributed by atoms with Gasteiger partial charge < -0.3 is 9.72 Å². The van der Waals surface area contributed by atoms with Crippen LogP contribution in [-0.4, -0.2) is 27.5 Å². The van der Waals surface area contributed by atoms with Gasteiger partial charge in [0.05, 0.1) is 12.8 Å². The number of fused-ring (bicyclic) bond motifs is 1. The molecule has 0 aliphatic rings. The number of rotatable bonds is 5. The Balaban J connectivity index is 2.52. The summed E-state index contributed by atoms with van der Waals surface area (Å²) in [6.07, 6.45) is 4.46. The van der Waals surface area contributed by atoms with Crippen LogP contribution < -0.4 is 0 Å². The highest BCUT2D eigenvalue weighted by atomic mass is 79.9. The van der Waals surface area contributed by atoms with Crippen LogP contribution in [0.1, 0.15) is 42.7 Å². The van der Waals surface area contributed by atoms with Crippen molar-refractivity contribution in [2.75, 3.05) is 6.61 Å². The maximum absolute atomic E-state index is 12.1. The molecule has 1 N–H and O–H groups in total. The number of halogens is 1. The van der Waals surface area contributed by atoms with Gasteiger partial charge in [-0.15, -0.1) is 0 Å². The van der Waals surface area contributed by atoms with Crippen LogP contribution in [0.15, 0.2) is 10.8 Å². The van der Waals surface area contributed by atoms with Gasteiger partial charge in [0, 0.05) is 5.69 Å². The van der Waals surface area contributed by atoms with Crippen LogP contribution in [0.25, 0.3) is 11.2 Å². The zero-order chi connectivity index (χ0) is 13.8. The largest absolute Gasteiger partial charge is 0.462 e. The second-order valence-electron chi connectivity index (χ2n) is 4.19. The minimum atomic E-state index is -0.341. The van der Waals surface area contributed by atoms with E-state index in [0.717, 1.165) is 25.0 Å². The highest BCUT2D eigenvalue weighted by molar-refractivity contribution is 9.10. The van der Waals surface area contributed by atoms with Crippen LogP contribution in [0.4, 0.5) is 0 Å². The Morgan fingerprint density at radius 3 is 2.95 bits per heavy atom. The van der Waals surface area contributed by atoms with Crippen molar-refractivity contribution < 1.29 is 9.53 Å². The van der Waals surface area contributed by atoms with Crippen LogP contribution in [0.5, 0.6) is 0 Å². The van der Waals surface area contributed by atoms with E-state index in [1.807, 2.05) is 0 Å². The summed E-state index contributed by atoms with van der Waals surface area (Å²) in [4.78, 5) is 23.8. The maximum atomic E-state index is 12.1. The number of aromatic nitrogens is 3. The Morgan fingerprint density at radius 1 is 1.47 bits per heavy atom. The minimum Gasteiger partial charge on any atom is -0.462 e. The highest BCUT2D eigenvalue weighted by Gasteiger charge is 2.21. The molecule has 0 atom stereocenters. The molecule has 2 aromatic heterocycles. The van der Waals surface area contributed by atoms with Crippen LogP contribution >= 0.6 is 15.9 Å². The smallest absolute Gasteiger partial charge is 0.342 e. The number of carbonyl (C=O) groups excluding carboxylic acids is 1. The third-order valence-corrected chi connectivity index (χ3v) is 3.19. The number of ether oxygens (including phenoxy) is 1. The average molecular weight is 326 g/mol. The van der Waals surface area contributed by atoms with Gasteiger partial charge in [-0.05, 0) is 35.7 Å². The van der Waals surface area contributed by atoms with Crippen LogP contribution in [0, 0.1) is 0 Å². The van der Waals surface area contributed by atoms with Crippen LogP contribution in [0.2, 0.25) is 0 Å². The highest BCUT2D eigenvalue weighted by Crippen LogP contribution is 2.23. The molecule has 0 aromatic carbocycles. The van der Waals surface area contributed by atoms with E-state index in [9.17, 15) is 4.79 Å². The first kappa shape index (κ1) is 14.0. The van der Waals surface area contributed by atoms with E-state index < -0.39 is 0 Å². The molecule has 0 saturated heterocycles. The van der Waals surface area contributed by atoms with E-state index in [-0.39, 0.29) is 5.97 Å². The molecule has 0 radical (unpaired) electrons. The third kappa shape index (κ3) is 2.94. The second-order valence-corrected chi connectivity index (χ2v) is 5.00. The Kier molecular flexibility index (Phi) is 4.52. The molecule has 0 amide bonds. The molecule has 0 fully saturated rings. The van der Waals surface area contributed by atoms with E-state index in [2.05, 4.69) is 37.8 Å². The number of nitrogens with one attached hydrogen (secondary N) is 1. The lowest BCUT2D eigenvalue weighted by Gasteiger charge is -2.03. The molecule has 2 rings (SSSR count). The Hall–Kier alpha value is -1.43. The first-order valence-electron chi connectivity index (χ1n) is 6.37. The fraction of sp³-hybridized carbons (Fsp3) is 0.462. The van der Waals surface area contributed by atoms with Gasteiger partial charge in [-0.3, -0.25) is 0 Å². The van der Waals surface area contributed by atoms with Crippen molar-refractivity contribution in [3.63, 3.8) is 0 Å². The summed E-state index contributed by atoms with van der Waals surface area (Å²) in [5.74, 6) is -0.341. The molecule has 19 heavy (non-hydrogen) atoms. The van der Waals surface area contributed by atoms with Crippen molar-refractivity contribution in [2.45, 2.75) is 33.1 Å². The molecule has 5 nitrogen and oxygen atoms in total. The topological polar surface area (TPSA) is 67.9 Å². The normalized spacial score (nSPS) is 10.9. The van der Waals surface area contributed by atoms with Crippen molar-refractivity contribution in [1.82, 2.24) is 15.0 Å². The first-order chi connectivity index (χ1) is 9.17. The molecule has 0 bridgehead atoms. The number of carbonyl (C=O) groups is 1. The molecule has 102 valence electrons. The van der Waals surface area contributed by atoms with Gasteiger partial charge >= 0.3 is 5.97 Å². The lowest BCUT2D eigenvalue weighted by molar-refractivity contribution is 0.0527. The number of aryl methyl sites for hydroxylation is 1. The summed E-state index contributed by atoms with van der Waals surface area (Å²) in [5.41, 5.74) is 2.56. The number of aromatic amines is 1. The van der Waals surface area contributed by atoms with Gasteiger partial charge in [-0.25, -0.2) is 14.8 Å². The maximum Gasteiger partial charge on any atom is 0.342 e. The molecule has 0 aliphatic carbocycles. The van der Waals surface area contributed by atoms with Crippen molar-refractivity contribution >= 4 is 33.1 Å². The number of hydrogen-bond donors (Lipinski definition) is 1. The van der Waals surface area contributed by atoms with E-state index in [1.54, 1.807) is 13.1 Å². The monoisotopic (exact) mass is 325 g/mol. The summed E-state index contributed by atoms with van der Waals surface area (Å²) in [6, 6.07) is 0. The van der Waals surface area contributed by atoms with Gasteiger partial charge in [-0.1, -0.05) is 13.3 Å². The van der Waals surface area contributed by atoms with Crippen LogP contribution in [0.3, 0.4) is 0 Å². The molecular weight excluding hydrogens is 310 g/mol. The SMILES string of the molecule is CCCCc1[nH]c2ncc(Br)nc2c1C(=O)OCC. The van der Waals surface area contributed by atoms with Crippen LogP contribution in [-0.2, 0) is 11.2 Å². The predicted molar refractivity (Wildman–Crippen MR) is 76.2 cm³/mol. The zero-order valence-corrected chi connectivity index (χ0v) is 12.6. The lowest BCUT2D eigenvalue weighted by Crippen LogP contribution is -2.07. The molecule has 6 heteroatoms. The van der Waals surface area contributed by atoms with E-state index in [4.69, 9.17) is 4.74 Å². The number of unbranched alkanes of at least 4 members (excludes halogenated alkanes) is 1. The molecule has 0 spiro atoms.